The highest BCUT2D eigenvalue weighted by Crippen LogP contribution is 2.13. The predicted octanol–water partition coefficient (Wildman–Crippen LogP) is 0.326. The van der Waals surface area contributed by atoms with E-state index in [0.29, 0.717) is 19.6 Å². The van der Waals surface area contributed by atoms with Gasteiger partial charge in [0, 0.05) is 25.8 Å². The molecule has 1 N–H and O–H groups in total. The fourth-order valence-electron chi connectivity index (χ4n) is 1.74. The number of carbonyl (C=O) groups is 1. The van der Waals surface area contributed by atoms with E-state index in [9.17, 15) is 4.79 Å². The maximum absolute atomic E-state index is 11.7. The summed E-state index contributed by atoms with van der Waals surface area (Å²) in [6.45, 7) is 1.31. The largest absolute Gasteiger partial charge is 0.389 e. The third-order valence-corrected chi connectivity index (χ3v) is 2.78. The van der Waals surface area contributed by atoms with Gasteiger partial charge in [0.1, 0.15) is 0 Å². The van der Waals surface area contributed by atoms with Gasteiger partial charge in [0.15, 0.2) is 0 Å². The van der Waals surface area contributed by atoms with Crippen LogP contribution in [0.3, 0.4) is 0 Å². The molecule has 0 radical (unpaired) electrons. The van der Waals surface area contributed by atoms with Gasteiger partial charge < -0.3 is 14.9 Å². The molecule has 1 aromatic carbocycles. The summed E-state index contributed by atoms with van der Waals surface area (Å²) in [5, 5.41) is 9.11. The Bertz CT molecular complexity index is 361. The van der Waals surface area contributed by atoms with E-state index < -0.39 is 0 Å². The van der Waals surface area contributed by atoms with Crippen LogP contribution in [-0.4, -0.2) is 48.7 Å². The molecule has 86 valence electrons. The van der Waals surface area contributed by atoms with Crippen molar-refractivity contribution < 1.29 is 9.90 Å². The van der Waals surface area contributed by atoms with Crippen LogP contribution in [-0.2, 0) is 4.79 Å². The van der Waals surface area contributed by atoms with Crippen molar-refractivity contribution in [3.63, 3.8) is 0 Å². The number of β-amino-alcohol motifs (C(OH)–C–C–N with tert-alkyl or cyclic N) is 1. The Morgan fingerprint density at radius 1 is 1.44 bits per heavy atom. The maximum atomic E-state index is 11.7. The summed E-state index contributed by atoms with van der Waals surface area (Å²) in [6, 6.07) is 9.79. The number of benzene rings is 1. The highest BCUT2D eigenvalue weighted by Gasteiger charge is 2.28. The molecule has 0 saturated carbocycles. The molecule has 1 aliphatic heterocycles. The molecule has 1 aliphatic rings. The number of hydrogen-bond acceptors (Lipinski definition) is 3. The van der Waals surface area contributed by atoms with Gasteiger partial charge in [-0.05, 0) is 12.1 Å². The van der Waals surface area contributed by atoms with Gasteiger partial charge in [-0.2, -0.15) is 0 Å². The number of anilines is 1. The van der Waals surface area contributed by atoms with Crippen molar-refractivity contribution in [2.24, 2.45) is 0 Å². The van der Waals surface area contributed by atoms with Crippen molar-refractivity contribution in [3.8, 4) is 0 Å². The van der Waals surface area contributed by atoms with E-state index in [0.717, 1.165) is 5.69 Å². The molecule has 1 aromatic rings. The van der Waals surface area contributed by atoms with Crippen LogP contribution in [0.2, 0.25) is 0 Å². The Kier molecular flexibility index (Phi) is 3.10. The zero-order valence-corrected chi connectivity index (χ0v) is 9.34. The van der Waals surface area contributed by atoms with Crippen molar-refractivity contribution in [2.75, 3.05) is 31.6 Å². The lowest BCUT2D eigenvalue weighted by molar-refractivity contribution is -0.139. The SMILES string of the molecule is CN(CC(=O)N1CC(O)C1)c1ccccc1. The van der Waals surface area contributed by atoms with E-state index in [1.165, 1.54) is 0 Å². The van der Waals surface area contributed by atoms with Gasteiger partial charge in [-0.3, -0.25) is 4.79 Å². The first kappa shape index (κ1) is 11.0. The molecular formula is C12H16N2O2. The molecule has 4 nitrogen and oxygen atoms in total. The number of rotatable bonds is 3. The average molecular weight is 220 g/mol. The van der Waals surface area contributed by atoms with Crippen LogP contribution in [0.15, 0.2) is 30.3 Å². The van der Waals surface area contributed by atoms with E-state index >= 15 is 0 Å². The van der Waals surface area contributed by atoms with Gasteiger partial charge in [-0.1, -0.05) is 18.2 Å². The quantitative estimate of drug-likeness (QED) is 0.798. The van der Waals surface area contributed by atoms with Gasteiger partial charge >= 0.3 is 0 Å². The van der Waals surface area contributed by atoms with Crippen LogP contribution in [0.1, 0.15) is 0 Å². The van der Waals surface area contributed by atoms with Gasteiger partial charge in [0.05, 0.1) is 12.6 Å². The van der Waals surface area contributed by atoms with Crippen LogP contribution < -0.4 is 4.90 Å². The second-order valence-electron chi connectivity index (χ2n) is 4.14. The van der Waals surface area contributed by atoms with Crippen molar-refractivity contribution >= 4 is 11.6 Å². The number of hydrogen-bond donors (Lipinski definition) is 1. The van der Waals surface area contributed by atoms with E-state index in [2.05, 4.69) is 0 Å². The van der Waals surface area contributed by atoms with Gasteiger partial charge in [-0.25, -0.2) is 0 Å². The number of aliphatic hydroxyl groups is 1. The molecule has 16 heavy (non-hydrogen) atoms. The minimum absolute atomic E-state index is 0.0663. The number of amides is 1. The molecule has 1 heterocycles. The Morgan fingerprint density at radius 2 is 2.06 bits per heavy atom. The Hall–Kier alpha value is -1.55. The summed E-state index contributed by atoms with van der Waals surface area (Å²) in [6.07, 6.45) is -0.328. The molecule has 0 spiro atoms. The summed E-state index contributed by atoms with van der Waals surface area (Å²) >= 11 is 0. The second-order valence-corrected chi connectivity index (χ2v) is 4.14. The minimum Gasteiger partial charge on any atom is -0.389 e. The average Bonchev–Trinajstić information content (AvgIpc) is 2.26. The van der Waals surface area contributed by atoms with Crippen LogP contribution in [0.25, 0.3) is 0 Å². The first-order valence-corrected chi connectivity index (χ1v) is 5.39. The first-order chi connectivity index (χ1) is 7.66. The number of likely N-dealkylation sites (N-methyl/N-ethyl adjacent to an activating group) is 1. The molecule has 4 heteroatoms. The van der Waals surface area contributed by atoms with Gasteiger partial charge in [0.2, 0.25) is 5.91 Å². The Labute approximate surface area is 95.1 Å². The number of carbonyl (C=O) groups excluding carboxylic acids is 1. The molecule has 0 atom stereocenters. The zero-order chi connectivity index (χ0) is 11.5. The topological polar surface area (TPSA) is 43.8 Å². The summed E-state index contributed by atoms with van der Waals surface area (Å²) in [5.74, 6) is 0.0663. The highest BCUT2D eigenvalue weighted by molar-refractivity contribution is 5.82. The summed E-state index contributed by atoms with van der Waals surface area (Å²) in [7, 11) is 1.89. The van der Waals surface area contributed by atoms with Crippen LogP contribution >= 0.6 is 0 Å². The summed E-state index contributed by atoms with van der Waals surface area (Å²) in [4.78, 5) is 15.3. The van der Waals surface area contributed by atoms with Crippen molar-refractivity contribution in [3.05, 3.63) is 30.3 Å². The monoisotopic (exact) mass is 220 g/mol. The molecule has 0 bridgehead atoms. The van der Waals surface area contributed by atoms with Gasteiger partial charge in [0.25, 0.3) is 0 Å². The molecule has 1 fully saturated rings. The van der Waals surface area contributed by atoms with Crippen molar-refractivity contribution in [1.29, 1.82) is 0 Å². The predicted molar refractivity (Wildman–Crippen MR) is 62.3 cm³/mol. The minimum atomic E-state index is -0.328. The Morgan fingerprint density at radius 3 is 2.62 bits per heavy atom. The zero-order valence-electron chi connectivity index (χ0n) is 9.34. The van der Waals surface area contributed by atoms with E-state index in [-0.39, 0.29) is 12.0 Å². The molecule has 0 unspecified atom stereocenters. The smallest absolute Gasteiger partial charge is 0.242 e. The van der Waals surface area contributed by atoms with Crippen LogP contribution in [0.5, 0.6) is 0 Å². The lowest BCUT2D eigenvalue weighted by Crippen LogP contribution is -2.55. The number of likely N-dealkylation sites (tertiary alicyclic amines) is 1. The third-order valence-electron chi connectivity index (χ3n) is 2.78. The lowest BCUT2D eigenvalue weighted by atomic mass is 10.1. The standard InChI is InChI=1S/C12H16N2O2/c1-13(10-5-3-2-4-6-10)9-12(16)14-7-11(15)8-14/h2-6,11,15H,7-9H2,1H3. The maximum Gasteiger partial charge on any atom is 0.242 e. The number of nitrogens with zero attached hydrogens (tertiary/aromatic N) is 2. The van der Waals surface area contributed by atoms with Crippen LogP contribution in [0, 0.1) is 0 Å². The third kappa shape index (κ3) is 2.33. The fourth-order valence-corrected chi connectivity index (χ4v) is 1.74. The van der Waals surface area contributed by atoms with Crippen molar-refractivity contribution in [1.82, 2.24) is 4.90 Å². The van der Waals surface area contributed by atoms with E-state index in [1.54, 1.807) is 4.90 Å². The molecular weight excluding hydrogens is 204 g/mol. The normalized spacial score (nSPS) is 15.8. The molecule has 1 amide bonds. The number of para-hydroxylation sites is 1. The van der Waals surface area contributed by atoms with Crippen molar-refractivity contribution in [2.45, 2.75) is 6.10 Å². The molecule has 2 rings (SSSR count). The number of aliphatic hydroxyl groups excluding tert-OH is 1. The summed E-state index contributed by atoms with van der Waals surface area (Å²) in [5.41, 5.74) is 1.02. The molecule has 0 aromatic heterocycles. The molecule has 1 saturated heterocycles. The summed E-state index contributed by atoms with van der Waals surface area (Å²) < 4.78 is 0. The van der Waals surface area contributed by atoms with E-state index in [1.807, 2.05) is 42.3 Å². The first-order valence-electron chi connectivity index (χ1n) is 5.39. The Balaban J connectivity index is 1.88. The second kappa shape index (κ2) is 4.53. The fraction of sp³-hybridized carbons (Fsp3) is 0.417. The lowest BCUT2D eigenvalue weighted by Gasteiger charge is -2.37. The van der Waals surface area contributed by atoms with Crippen LogP contribution in [0.4, 0.5) is 5.69 Å². The molecule has 0 aliphatic carbocycles. The van der Waals surface area contributed by atoms with E-state index in [4.69, 9.17) is 5.11 Å². The highest BCUT2D eigenvalue weighted by atomic mass is 16.3. The van der Waals surface area contributed by atoms with Gasteiger partial charge in [-0.15, -0.1) is 0 Å².